The molecule has 0 unspecified atom stereocenters. The lowest BCUT2D eigenvalue weighted by Gasteiger charge is -2.22. The first-order valence-electron chi connectivity index (χ1n) is 10.8. The molecule has 31 heavy (non-hydrogen) atoms. The van der Waals surface area contributed by atoms with E-state index in [9.17, 15) is 0 Å². The number of para-hydroxylation sites is 2. The Kier molecular flexibility index (Phi) is 4.44. The molecule has 0 spiro atoms. The normalized spacial score (nSPS) is 12.0. The predicted octanol–water partition coefficient (Wildman–Crippen LogP) is 6.37. The van der Waals surface area contributed by atoms with E-state index in [0.717, 1.165) is 16.6 Å². The number of benzene rings is 3. The second-order valence-corrected chi connectivity index (χ2v) is 9.37. The van der Waals surface area contributed by atoms with E-state index in [2.05, 4.69) is 117 Å². The Balaban J connectivity index is 1.88. The second-order valence-electron chi connectivity index (χ2n) is 9.37. The third-order valence-electron chi connectivity index (χ3n) is 6.20. The summed E-state index contributed by atoms with van der Waals surface area (Å²) in [6.07, 6.45) is 1.95. The Morgan fingerprint density at radius 2 is 1.52 bits per heavy atom. The molecule has 0 saturated heterocycles. The Labute approximate surface area is 183 Å². The Hall–Kier alpha value is -3.46. The summed E-state index contributed by atoms with van der Waals surface area (Å²) in [5, 5.41) is 7.16. The van der Waals surface area contributed by atoms with Crippen LogP contribution in [-0.4, -0.2) is 9.78 Å². The molecule has 0 radical (unpaired) electrons. The predicted molar refractivity (Wildman–Crippen MR) is 128 cm³/mol. The van der Waals surface area contributed by atoms with Gasteiger partial charge in [0.15, 0.2) is 5.69 Å². The minimum atomic E-state index is 0.0131. The molecule has 2 heterocycles. The van der Waals surface area contributed by atoms with Crippen molar-refractivity contribution in [3.05, 3.63) is 95.8 Å². The molecule has 0 bridgehead atoms. The van der Waals surface area contributed by atoms with Crippen molar-refractivity contribution in [2.45, 2.75) is 40.0 Å². The average Bonchev–Trinajstić information content (AvgIpc) is 3.17. The van der Waals surface area contributed by atoms with Crippen molar-refractivity contribution in [1.82, 2.24) is 9.78 Å². The van der Waals surface area contributed by atoms with Crippen LogP contribution in [0.15, 0.2) is 79.0 Å². The summed E-state index contributed by atoms with van der Waals surface area (Å²) in [7, 11) is 0. The number of rotatable bonds is 2. The van der Waals surface area contributed by atoms with Crippen molar-refractivity contribution in [2.75, 3.05) is 0 Å². The first-order chi connectivity index (χ1) is 14.8. The van der Waals surface area contributed by atoms with Crippen LogP contribution in [0, 0.1) is 13.8 Å². The third kappa shape index (κ3) is 3.21. The molecule has 0 amide bonds. The number of hydrogen-bond donors (Lipinski definition) is 0. The molecular formula is C28H28N3+. The summed E-state index contributed by atoms with van der Waals surface area (Å²) in [6.45, 7) is 11.2. The number of pyridine rings is 1. The summed E-state index contributed by atoms with van der Waals surface area (Å²) in [5.74, 6) is 0. The van der Waals surface area contributed by atoms with E-state index in [0.29, 0.717) is 0 Å². The molecule has 0 N–H and O–H groups in total. The van der Waals surface area contributed by atoms with E-state index >= 15 is 0 Å². The van der Waals surface area contributed by atoms with Gasteiger partial charge in [-0.3, -0.25) is 0 Å². The highest BCUT2D eigenvalue weighted by molar-refractivity contribution is 5.81. The maximum atomic E-state index is 4.78. The van der Waals surface area contributed by atoms with E-state index in [-0.39, 0.29) is 5.41 Å². The lowest BCUT2D eigenvalue weighted by Crippen LogP contribution is -2.37. The van der Waals surface area contributed by atoms with Crippen molar-refractivity contribution >= 4 is 21.8 Å². The molecule has 0 aliphatic rings. The summed E-state index contributed by atoms with van der Waals surface area (Å²) in [6, 6.07) is 26.1. The van der Waals surface area contributed by atoms with E-state index in [1.165, 1.54) is 33.4 Å². The van der Waals surface area contributed by atoms with Gasteiger partial charge in [-0.25, -0.2) is 4.68 Å². The van der Waals surface area contributed by atoms with Crippen LogP contribution < -0.4 is 4.57 Å². The molecule has 3 heteroatoms. The van der Waals surface area contributed by atoms with Gasteiger partial charge in [-0.05, 0) is 42.2 Å². The maximum Gasteiger partial charge on any atom is 0.218 e. The molecule has 0 aliphatic heterocycles. The minimum Gasteiger partial charge on any atom is -0.233 e. The first-order valence-corrected chi connectivity index (χ1v) is 10.8. The molecule has 3 nitrogen and oxygen atoms in total. The molecular weight excluding hydrogens is 378 g/mol. The number of nitrogens with zero attached hydrogens (tertiary/aromatic N) is 3. The van der Waals surface area contributed by atoms with Crippen LogP contribution in [0.25, 0.3) is 33.2 Å². The van der Waals surface area contributed by atoms with Gasteiger partial charge in [0, 0.05) is 41.5 Å². The summed E-state index contributed by atoms with van der Waals surface area (Å²) >= 11 is 0. The van der Waals surface area contributed by atoms with Crippen LogP contribution in [0.1, 0.15) is 37.6 Å². The fourth-order valence-electron chi connectivity index (χ4n) is 4.36. The van der Waals surface area contributed by atoms with Crippen molar-refractivity contribution in [3.63, 3.8) is 0 Å². The average molecular weight is 407 g/mol. The molecule has 0 saturated carbocycles. The largest absolute Gasteiger partial charge is 0.233 e. The van der Waals surface area contributed by atoms with Gasteiger partial charge >= 0.3 is 0 Å². The second kappa shape index (κ2) is 7.05. The van der Waals surface area contributed by atoms with Crippen LogP contribution in [0.4, 0.5) is 0 Å². The van der Waals surface area contributed by atoms with Crippen LogP contribution in [0.5, 0.6) is 0 Å². The van der Waals surface area contributed by atoms with Crippen LogP contribution in [-0.2, 0) is 5.41 Å². The number of aromatic nitrogens is 3. The fraction of sp³-hybridized carbons (Fsp3) is 0.214. The zero-order chi connectivity index (χ0) is 21.8. The first kappa shape index (κ1) is 19.5. The highest BCUT2D eigenvalue weighted by Gasteiger charge is 2.26. The van der Waals surface area contributed by atoms with Crippen LogP contribution in [0.2, 0.25) is 0 Å². The molecule has 3 aromatic carbocycles. The van der Waals surface area contributed by atoms with Gasteiger partial charge < -0.3 is 0 Å². The molecule has 0 fully saturated rings. The fourth-order valence-corrected chi connectivity index (χ4v) is 4.36. The molecule has 5 aromatic rings. The summed E-state index contributed by atoms with van der Waals surface area (Å²) in [4.78, 5) is 0. The Morgan fingerprint density at radius 3 is 2.29 bits per heavy atom. The zero-order valence-electron chi connectivity index (χ0n) is 18.8. The highest BCUT2D eigenvalue weighted by atomic mass is 15.3. The molecule has 154 valence electrons. The van der Waals surface area contributed by atoms with Gasteiger partial charge in [-0.15, -0.1) is 0 Å². The standard InChI is InChI=1S/C28H28N3/c1-19-14-15-21-10-6-8-12-24(21)30(19)26-16-23(28(3,4)5)17-27(20(26)2)31-25-13-9-7-11-22(25)18-29-31/h6-18H,1-5H3/q+1. The van der Waals surface area contributed by atoms with Gasteiger partial charge in [-0.2, -0.15) is 9.67 Å². The minimum absolute atomic E-state index is 0.0131. The third-order valence-corrected chi connectivity index (χ3v) is 6.20. The SMILES string of the molecule is Cc1c(-n2ncc3ccccc32)cc(C(C)(C)C)cc1-[n+]1c(C)ccc2ccccc21. The maximum absolute atomic E-state index is 4.78. The Bertz CT molecular complexity index is 1430. The quantitative estimate of drug-likeness (QED) is 0.312. The summed E-state index contributed by atoms with van der Waals surface area (Å²) in [5.41, 5.74) is 8.41. The van der Waals surface area contributed by atoms with Crippen LogP contribution in [0.3, 0.4) is 0 Å². The highest BCUT2D eigenvalue weighted by Crippen LogP contribution is 2.31. The molecule has 5 rings (SSSR count). The van der Waals surface area contributed by atoms with Crippen LogP contribution >= 0.6 is 0 Å². The smallest absolute Gasteiger partial charge is 0.218 e. The van der Waals surface area contributed by atoms with Gasteiger partial charge in [0.05, 0.1) is 17.4 Å². The van der Waals surface area contributed by atoms with Crippen molar-refractivity contribution in [3.8, 4) is 11.4 Å². The Morgan fingerprint density at radius 1 is 0.806 bits per heavy atom. The number of fused-ring (bicyclic) bond motifs is 2. The topological polar surface area (TPSA) is 21.7 Å². The van der Waals surface area contributed by atoms with Gasteiger partial charge in [0.1, 0.15) is 0 Å². The van der Waals surface area contributed by atoms with E-state index < -0.39 is 0 Å². The molecule has 2 aromatic heterocycles. The number of aryl methyl sites for hydroxylation is 1. The lowest BCUT2D eigenvalue weighted by molar-refractivity contribution is -0.575. The number of hydrogen-bond acceptors (Lipinski definition) is 1. The van der Waals surface area contributed by atoms with Crippen molar-refractivity contribution < 1.29 is 4.57 Å². The van der Waals surface area contributed by atoms with E-state index in [1.54, 1.807) is 0 Å². The summed E-state index contributed by atoms with van der Waals surface area (Å²) < 4.78 is 4.47. The van der Waals surface area contributed by atoms with E-state index in [4.69, 9.17) is 5.10 Å². The molecule has 0 aliphatic carbocycles. The van der Waals surface area contributed by atoms with Gasteiger partial charge in [-0.1, -0.05) is 51.1 Å². The monoisotopic (exact) mass is 406 g/mol. The van der Waals surface area contributed by atoms with Crippen molar-refractivity contribution in [2.24, 2.45) is 0 Å². The lowest BCUT2D eigenvalue weighted by atomic mass is 9.85. The van der Waals surface area contributed by atoms with Gasteiger partial charge in [0.25, 0.3) is 0 Å². The molecule has 0 atom stereocenters. The zero-order valence-corrected chi connectivity index (χ0v) is 18.8. The van der Waals surface area contributed by atoms with E-state index in [1.807, 2.05) is 6.20 Å². The van der Waals surface area contributed by atoms with Gasteiger partial charge in [0.2, 0.25) is 11.2 Å². The van der Waals surface area contributed by atoms with Crippen molar-refractivity contribution in [1.29, 1.82) is 0 Å².